The van der Waals surface area contributed by atoms with Gasteiger partial charge in [-0.15, -0.1) is 0 Å². The normalized spacial score (nSPS) is 11.9. The number of halogens is 1. The van der Waals surface area contributed by atoms with Crippen molar-refractivity contribution >= 4 is 27.8 Å². The first-order valence-electron chi connectivity index (χ1n) is 6.73. The lowest BCUT2D eigenvalue weighted by molar-refractivity contribution is -0.141. The van der Waals surface area contributed by atoms with Gasteiger partial charge in [-0.05, 0) is 25.0 Å². The highest BCUT2D eigenvalue weighted by molar-refractivity contribution is 9.10. The van der Waals surface area contributed by atoms with Gasteiger partial charge >= 0.3 is 5.97 Å². The number of aliphatic carboxylic acids is 1. The van der Waals surface area contributed by atoms with Gasteiger partial charge in [-0.1, -0.05) is 41.1 Å². The number of carboxylic acids is 1. The van der Waals surface area contributed by atoms with Gasteiger partial charge in [0.05, 0.1) is 12.5 Å². The first-order valence-corrected chi connectivity index (χ1v) is 7.52. The molecule has 0 fully saturated rings. The first kappa shape index (κ1) is 16.7. The number of hydrogen-bond donors (Lipinski definition) is 1. The Morgan fingerprint density at radius 2 is 1.95 bits per heavy atom. The number of amides is 1. The zero-order valence-corrected chi connectivity index (χ0v) is 13.4. The van der Waals surface area contributed by atoms with Crippen LogP contribution in [0, 0.1) is 0 Å². The Labute approximate surface area is 127 Å². The van der Waals surface area contributed by atoms with Gasteiger partial charge in [0.25, 0.3) is 0 Å². The van der Waals surface area contributed by atoms with Crippen LogP contribution in [-0.4, -0.2) is 28.4 Å². The van der Waals surface area contributed by atoms with Crippen LogP contribution < -0.4 is 0 Å². The molecule has 5 heteroatoms. The summed E-state index contributed by atoms with van der Waals surface area (Å²) in [5.74, 6) is -1.05. The summed E-state index contributed by atoms with van der Waals surface area (Å²) in [5, 5.41) is 8.70. The van der Waals surface area contributed by atoms with E-state index in [-0.39, 0.29) is 24.8 Å². The highest BCUT2D eigenvalue weighted by atomic mass is 79.9. The Kier molecular flexibility index (Phi) is 6.71. The van der Waals surface area contributed by atoms with E-state index in [4.69, 9.17) is 5.11 Å². The second kappa shape index (κ2) is 8.04. The van der Waals surface area contributed by atoms with E-state index >= 15 is 0 Å². The van der Waals surface area contributed by atoms with Gasteiger partial charge in [0.1, 0.15) is 0 Å². The Balaban J connectivity index is 2.87. The number of rotatable bonds is 7. The van der Waals surface area contributed by atoms with Gasteiger partial charge in [-0.2, -0.15) is 0 Å². The van der Waals surface area contributed by atoms with Crippen molar-refractivity contribution in [1.82, 2.24) is 4.90 Å². The van der Waals surface area contributed by atoms with Gasteiger partial charge in [0, 0.05) is 17.4 Å². The summed E-state index contributed by atoms with van der Waals surface area (Å²) in [5.41, 5.74) is 1.03. The van der Waals surface area contributed by atoms with Crippen LogP contribution in [0.4, 0.5) is 0 Å². The summed E-state index contributed by atoms with van der Waals surface area (Å²) in [6.45, 7) is 4.60. The van der Waals surface area contributed by atoms with E-state index in [0.29, 0.717) is 6.54 Å². The molecule has 0 aliphatic rings. The molecule has 4 nitrogen and oxygen atoms in total. The summed E-state index contributed by atoms with van der Waals surface area (Å²) in [6, 6.07) is 7.70. The second-order valence-corrected chi connectivity index (χ2v) is 5.53. The van der Waals surface area contributed by atoms with Crippen LogP contribution in [0.15, 0.2) is 28.7 Å². The zero-order chi connectivity index (χ0) is 15.1. The van der Waals surface area contributed by atoms with E-state index < -0.39 is 5.97 Å². The minimum absolute atomic E-state index is 0.0458. The molecule has 0 heterocycles. The summed E-state index contributed by atoms with van der Waals surface area (Å²) >= 11 is 3.50. The topological polar surface area (TPSA) is 57.6 Å². The molecule has 0 bridgehead atoms. The molecule has 0 saturated carbocycles. The molecule has 1 aromatic carbocycles. The lowest BCUT2D eigenvalue weighted by atomic mass is 10.1. The van der Waals surface area contributed by atoms with Crippen molar-refractivity contribution in [2.75, 3.05) is 6.54 Å². The first-order chi connectivity index (χ1) is 9.47. The molecule has 0 aromatic heterocycles. The van der Waals surface area contributed by atoms with Gasteiger partial charge in [-0.3, -0.25) is 9.59 Å². The Morgan fingerprint density at radius 3 is 2.50 bits per heavy atom. The fourth-order valence-corrected chi connectivity index (χ4v) is 2.73. The third-order valence-electron chi connectivity index (χ3n) is 3.16. The molecule has 1 rings (SSSR count). The van der Waals surface area contributed by atoms with E-state index in [1.54, 1.807) is 4.90 Å². The van der Waals surface area contributed by atoms with Crippen molar-refractivity contribution in [2.45, 2.75) is 39.2 Å². The lowest BCUT2D eigenvalue weighted by Gasteiger charge is -2.30. The maximum atomic E-state index is 12.2. The molecule has 0 aliphatic heterocycles. The molecular weight excluding hydrogens is 322 g/mol. The van der Waals surface area contributed by atoms with Crippen molar-refractivity contribution in [1.29, 1.82) is 0 Å². The zero-order valence-electron chi connectivity index (χ0n) is 11.8. The number of carbonyl (C=O) groups is 2. The summed E-state index contributed by atoms with van der Waals surface area (Å²) in [4.78, 5) is 24.6. The third-order valence-corrected chi connectivity index (χ3v) is 3.88. The quantitative estimate of drug-likeness (QED) is 0.823. The van der Waals surface area contributed by atoms with Gasteiger partial charge in [0.15, 0.2) is 0 Å². The Hall–Kier alpha value is -1.36. The van der Waals surface area contributed by atoms with E-state index in [2.05, 4.69) is 15.9 Å². The van der Waals surface area contributed by atoms with Crippen LogP contribution in [0.1, 0.15) is 44.7 Å². The minimum Gasteiger partial charge on any atom is -0.481 e. The van der Waals surface area contributed by atoms with Crippen molar-refractivity contribution in [3.63, 3.8) is 0 Å². The number of nitrogens with zero attached hydrogens (tertiary/aromatic N) is 1. The molecule has 0 saturated heterocycles. The molecule has 1 amide bonds. The predicted octanol–water partition coefficient (Wildman–Crippen LogP) is 3.61. The summed E-state index contributed by atoms with van der Waals surface area (Å²) < 4.78 is 0.958. The lowest BCUT2D eigenvalue weighted by Crippen LogP contribution is -2.34. The van der Waals surface area contributed by atoms with Crippen LogP contribution in [0.3, 0.4) is 0 Å². The number of carboxylic acid groups (broad SMARTS) is 1. The van der Waals surface area contributed by atoms with E-state index in [0.717, 1.165) is 16.5 Å². The molecule has 1 atom stereocenters. The van der Waals surface area contributed by atoms with E-state index in [1.165, 1.54) is 0 Å². The molecule has 0 spiro atoms. The van der Waals surface area contributed by atoms with Crippen LogP contribution in [0.25, 0.3) is 0 Å². The molecule has 1 unspecified atom stereocenters. The van der Waals surface area contributed by atoms with E-state index in [9.17, 15) is 9.59 Å². The SMILES string of the molecule is CCCN(C(=O)CCC(=O)O)C(C)c1ccccc1Br. The Morgan fingerprint density at radius 1 is 1.30 bits per heavy atom. The molecule has 110 valence electrons. The van der Waals surface area contributed by atoms with Crippen LogP contribution >= 0.6 is 15.9 Å². The summed E-state index contributed by atoms with van der Waals surface area (Å²) in [6.07, 6.45) is 0.763. The van der Waals surface area contributed by atoms with Crippen molar-refractivity contribution in [3.8, 4) is 0 Å². The highest BCUT2D eigenvalue weighted by Gasteiger charge is 2.22. The van der Waals surface area contributed by atoms with Crippen LogP contribution in [0.2, 0.25) is 0 Å². The maximum Gasteiger partial charge on any atom is 0.303 e. The summed E-state index contributed by atoms with van der Waals surface area (Å²) in [7, 11) is 0. The van der Waals surface area contributed by atoms with Crippen molar-refractivity contribution in [2.24, 2.45) is 0 Å². The number of hydrogen-bond acceptors (Lipinski definition) is 2. The smallest absolute Gasteiger partial charge is 0.303 e. The minimum atomic E-state index is -0.941. The van der Waals surface area contributed by atoms with Crippen LogP contribution in [-0.2, 0) is 9.59 Å². The average Bonchev–Trinajstić information content (AvgIpc) is 2.42. The average molecular weight is 342 g/mol. The molecule has 0 aliphatic carbocycles. The molecular formula is C15H20BrNO3. The molecule has 1 N–H and O–H groups in total. The largest absolute Gasteiger partial charge is 0.481 e. The van der Waals surface area contributed by atoms with Crippen molar-refractivity contribution in [3.05, 3.63) is 34.3 Å². The molecule has 20 heavy (non-hydrogen) atoms. The fraction of sp³-hybridized carbons (Fsp3) is 0.467. The number of benzene rings is 1. The van der Waals surface area contributed by atoms with Crippen molar-refractivity contribution < 1.29 is 14.7 Å². The van der Waals surface area contributed by atoms with Crippen LogP contribution in [0.5, 0.6) is 0 Å². The standard InChI is InChI=1S/C15H20BrNO3/c1-3-10-17(14(18)8-9-15(19)20)11(2)12-6-4-5-7-13(12)16/h4-7,11H,3,8-10H2,1-2H3,(H,19,20). The Bertz CT molecular complexity index is 476. The second-order valence-electron chi connectivity index (χ2n) is 4.68. The van der Waals surface area contributed by atoms with Gasteiger partial charge in [-0.25, -0.2) is 0 Å². The highest BCUT2D eigenvalue weighted by Crippen LogP contribution is 2.28. The number of carbonyl (C=O) groups excluding carboxylic acids is 1. The molecule has 0 radical (unpaired) electrons. The van der Waals surface area contributed by atoms with Gasteiger partial charge < -0.3 is 10.0 Å². The monoisotopic (exact) mass is 341 g/mol. The maximum absolute atomic E-state index is 12.2. The third kappa shape index (κ3) is 4.63. The predicted molar refractivity (Wildman–Crippen MR) is 81.4 cm³/mol. The van der Waals surface area contributed by atoms with E-state index in [1.807, 2.05) is 38.1 Å². The van der Waals surface area contributed by atoms with Gasteiger partial charge in [0.2, 0.25) is 5.91 Å². The molecule has 1 aromatic rings. The fourth-order valence-electron chi connectivity index (χ4n) is 2.11.